The predicted molar refractivity (Wildman–Crippen MR) is 93.1 cm³/mol. The van der Waals surface area contributed by atoms with E-state index in [1.807, 2.05) is 13.8 Å². The molecule has 0 aromatic heterocycles. The first-order chi connectivity index (χ1) is 11.8. The number of ether oxygens (including phenoxy) is 2. The maximum atomic E-state index is 12.7. The van der Waals surface area contributed by atoms with Crippen LogP contribution in [0, 0.1) is 11.8 Å². The zero-order valence-corrected chi connectivity index (χ0v) is 14.7. The molecule has 1 heterocycles. The van der Waals surface area contributed by atoms with Crippen molar-refractivity contribution < 1.29 is 23.0 Å². The van der Waals surface area contributed by atoms with E-state index in [0.29, 0.717) is 11.3 Å². The van der Waals surface area contributed by atoms with Gasteiger partial charge in [0, 0.05) is 11.3 Å². The van der Waals surface area contributed by atoms with E-state index in [1.165, 1.54) is 6.07 Å². The summed E-state index contributed by atoms with van der Waals surface area (Å²) in [6, 6.07) is 5.52. The number of rotatable bonds is 6. The van der Waals surface area contributed by atoms with Crippen LogP contribution in [-0.4, -0.2) is 24.3 Å². The highest BCUT2D eigenvalue weighted by atomic mass is 32.1. The molecule has 1 saturated heterocycles. The SMILES string of the molecule is C=C1NC(=S)N[C@H](c2ccccc2OC(F)F)[C@H]1C(=O)OCC(C)C. The van der Waals surface area contributed by atoms with Crippen molar-refractivity contribution in [3.05, 3.63) is 42.1 Å². The molecule has 0 saturated carbocycles. The second-order valence-corrected chi connectivity index (χ2v) is 6.43. The molecule has 2 rings (SSSR count). The lowest BCUT2D eigenvalue weighted by Gasteiger charge is -2.35. The van der Waals surface area contributed by atoms with Gasteiger partial charge in [0.2, 0.25) is 0 Å². The fraction of sp³-hybridized carbons (Fsp3) is 0.412. The second-order valence-electron chi connectivity index (χ2n) is 6.02. The molecule has 2 N–H and O–H groups in total. The fourth-order valence-electron chi connectivity index (χ4n) is 2.50. The Kier molecular flexibility index (Phi) is 6.30. The van der Waals surface area contributed by atoms with Gasteiger partial charge in [-0.1, -0.05) is 38.6 Å². The van der Waals surface area contributed by atoms with Gasteiger partial charge in [0.05, 0.1) is 12.6 Å². The third-order valence-electron chi connectivity index (χ3n) is 3.55. The first kappa shape index (κ1) is 19.1. The number of carbonyl (C=O) groups excluding carboxylic acids is 1. The summed E-state index contributed by atoms with van der Waals surface area (Å²) in [4.78, 5) is 12.5. The summed E-state index contributed by atoms with van der Waals surface area (Å²) in [5.74, 6) is -1.23. The molecular formula is C17H20F2N2O3S. The Labute approximate surface area is 150 Å². The molecule has 136 valence electrons. The lowest BCUT2D eigenvalue weighted by molar-refractivity contribution is -0.149. The number of nitrogens with one attached hydrogen (secondary N) is 2. The third-order valence-corrected chi connectivity index (χ3v) is 3.77. The molecule has 1 aliphatic rings. The number of thiocarbonyl (C=S) groups is 1. The summed E-state index contributed by atoms with van der Waals surface area (Å²) in [5.41, 5.74) is 0.716. The van der Waals surface area contributed by atoms with Crippen molar-refractivity contribution in [2.75, 3.05) is 6.61 Å². The standard InChI is InChI=1S/C17H20F2N2O3S/c1-9(2)8-23-15(22)13-10(3)20-17(25)21-14(13)11-6-4-5-7-12(11)24-16(18)19/h4-7,9,13-14,16H,3,8H2,1-2H3,(H2,20,21,25)/t13-,14+/m0/s1. The summed E-state index contributed by atoms with van der Waals surface area (Å²) in [7, 11) is 0. The Balaban J connectivity index is 2.35. The Hall–Kier alpha value is -2.22. The van der Waals surface area contributed by atoms with Crippen molar-refractivity contribution in [3.8, 4) is 5.75 Å². The number of esters is 1. The summed E-state index contributed by atoms with van der Waals surface area (Å²) in [6.45, 7) is 4.92. The maximum absolute atomic E-state index is 12.7. The largest absolute Gasteiger partial charge is 0.465 e. The van der Waals surface area contributed by atoms with Crippen molar-refractivity contribution in [1.29, 1.82) is 0 Å². The van der Waals surface area contributed by atoms with Crippen LogP contribution in [0.1, 0.15) is 25.5 Å². The van der Waals surface area contributed by atoms with Crippen LogP contribution in [0.3, 0.4) is 0 Å². The number of hydrogen-bond acceptors (Lipinski definition) is 4. The van der Waals surface area contributed by atoms with Crippen LogP contribution in [0.15, 0.2) is 36.5 Å². The van der Waals surface area contributed by atoms with E-state index in [2.05, 4.69) is 21.9 Å². The normalized spacial score (nSPS) is 20.2. The van der Waals surface area contributed by atoms with E-state index in [9.17, 15) is 13.6 Å². The van der Waals surface area contributed by atoms with Crippen LogP contribution in [0.25, 0.3) is 0 Å². The van der Waals surface area contributed by atoms with Crippen LogP contribution in [-0.2, 0) is 9.53 Å². The molecule has 1 aromatic rings. The van der Waals surface area contributed by atoms with E-state index in [-0.39, 0.29) is 23.4 Å². The zero-order chi connectivity index (χ0) is 18.6. The van der Waals surface area contributed by atoms with Crippen LogP contribution in [0.2, 0.25) is 0 Å². The number of hydrogen-bond donors (Lipinski definition) is 2. The smallest absolute Gasteiger partial charge is 0.387 e. The molecule has 1 fully saturated rings. The van der Waals surface area contributed by atoms with Crippen molar-refractivity contribution in [3.63, 3.8) is 0 Å². The first-order valence-corrected chi connectivity index (χ1v) is 8.17. The quantitative estimate of drug-likeness (QED) is 0.593. The Morgan fingerprint density at radius 1 is 1.36 bits per heavy atom. The van der Waals surface area contributed by atoms with Gasteiger partial charge >= 0.3 is 12.6 Å². The highest BCUT2D eigenvalue weighted by molar-refractivity contribution is 7.80. The summed E-state index contributed by atoms with van der Waals surface area (Å²) in [6.07, 6.45) is 0. The van der Waals surface area contributed by atoms with Gasteiger partial charge in [-0.25, -0.2) is 0 Å². The van der Waals surface area contributed by atoms with E-state index in [1.54, 1.807) is 18.2 Å². The molecular weight excluding hydrogens is 350 g/mol. The van der Waals surface area contributed by atoms with Crippen LogP contribution < -0.4 is 15.4 Å². The van der Waals surface area contributed by atoms with E-state index >= 15 is 0 Å². The fourth-order valence-corrected chi connectivity index (χ4v) is 2.76. The topological polar surface area (TPSA) is 59.6 Å². The van der Waals surface area contributed by atoms with Gasteiger partial charge in [0.25, 0.3) is 0 Å². The van der Waals surface area contributed by atoms with Gasteiger partial charge in [0.1, 0.15) is 11.7 Å². The van der Waals surface area contributed by atoms with Crippen molar-refractivity contribution >= 4 is 23.3 Å². The zero-order valence-electron chi connectivity index (χ0n) is 13.9. The minimum absolute atomic E-state index is 0.0332. The molecule has 0 spiro atoms. The van der Waals surface area contributed by atoms with Gasteiger partial charge in [-0.3, -0.25) is 4.79 Å². The Bertz CT molecular complexity index is 667. The monoisotopic (exact) mass is 370 g/mol. The lowest BCUT2D eigenvalue weighted by atomic mass is 9.88. The maximum Gasteiger partial charge on any atom is 0.387 e. The molecule has 1 aromatic carbocycles. The van der Waals surface area contributed by atoms with Gasteiger partial charge in [-0.05, 0) is 24.2 Å². The van der Waals surface area contributed by atoms with Gasteiger partial charge in [-0.15, -0.1) is 0 Å². The second kappa shape index (κ2) is 8.24. The van der Waals surface area contributed by atoms with E-state index < -0.39 is 24.5 Å². The predicted octanol–water partition coefficient (Wildman–Crippen LogP) is 3.14. The summed E-state index contributed by atoms with van der Waals surface area (Å²) >= 11 is 5.11. The highest BCUT2D eigenvalue weighted by Crippen LogP contribution is 2.36. The number of benzene rings is 1. The molecule has 2 atom stereocenters. The number of halogens is 2. The minimum Gasteiger partial charge on any atom is -0.465 e. The molecule has 0 amide bonds. The van der Waals surface area contributed by atoms with Crippen LogP contribution in [0.5, 0.6) is 5.75 Å². The minimum atomic E-state index is -2.98. The molecule has 0 aliphatic carbocycles. The Morgan fingerprint density at radius 3 is 2.68 bits per heavy atom. The van der Waals surface area contributed by atoms with Crippen molar-refractivity contribution in [2.24, 2.45) is 11.8 Å². The molecule has 8 heteroatoms. The van der Waals surface area contributed by atoms with E-state index in [0.717, 1.165) is 0 Å². The van der Waals surface area contributed by atoms with Crippen LogP contribution in [0.4, 0.5) is 8.78 Å². The first-order valence-electron chi connectivity index (χ1n) is 7.76. The van der Waals surface area contributed by atoms with Crippen molar-refractivity contribution in [2.45, 2.75) is 26.5 Å². The van der Waals surface area contributed by atoms with E-state index in [4.69, 9.17) is 17.0 Å². The molecule has 5 nitrogen and oxygen atoms in total. The molecule has 0 unspecified atom stereocenters. The lowest BCUT2D eigenvalue weighted by Crippen LogP contribution is -2.51. The number of para-hydroxylation sites is 1. The molecule has 25 heavy (non-hydrogen) atoms. The van der Waals surface area contributed by atoms with Crippen LogP contribution >= 0.6 is 12.2 Å². The molecule has 1 aliphatic heterocycles. The average Bonchev–Trinajstić information content (AvgIpc) is 2.51. The summed E-state index contributed by atoms with van der Waals surface area (Å²) in [5, 5.41) is 5.97. The number of alkyl halides is 2. The summed E-state index contributed by atoms with van der Waals surface area (Å²) < 4.78 is 35.3. The highest BCUT2D eigenvalue weighted by Gasteiger charge is 2.39. The average molecular weight is 370 g/mol. The third kappa shape index (κ3) is 4.88. The molecule has 0 bridgehead atoms. The van der Waals surface area contributed by atoms with Gasteiger partial charge in [-0.2, -0.15) is 8.78 Å². The van der Waals surface area contributed by atoms with Crippen molar-refractivity contribution in [1.82, 2.24) is 10.6 Å². The van der Waals surface area contributed by atoms with Gasteiger partial charge < -0.3 is 20.1 Å². The number of carbonyl (C=O) groups is 1. The molecule has 0 radical (unpaired) electrons. The Morgan fingerprint density at radius 2 is 2.04 bits per heavy atom. The van der Waals surface area contributed by atoms with Gasteiger partial charge in [0.15, 0.2) is 5.11 Å².